The number of methoxy groups -OCH3 is 1. The van der Waals surface area contributed by atoms with E-state index in [-0.39, 0.29) is 5.82 Å². The lowest BCUT2D eigenvalue weighted by Crippen LogP contribution is -2.00. The van der Waals surface area contributed by atoms with Gasteiger partial charge in [-0.05, 0) is 36.8 Å². The third-order valence-electron chi connectivity index (χ3n) is 2.93. The summed E-state index contributed by atoms with van der Waals surface area (Å²) < 4.78 is 19.0. The number of nitrogens with two attached hydrogens (primary N) is 1. The van der Waals surface area contributed by atoms with E-state index in [0.717, 1.165) is 22.4 Å². The maximum absolute atomic E-state index is 13.8. The van der Waals surface area contributed by atoms with E-state index in [1.807, 2.05) is 31.2 Å². The predicted octanol–water partition coefficient (Wildman–Crippen LogP) is 3.27. The van der Waals surface area contributed by atoms with Gasteiger partial charge >= 0.3 is 0 Å². The molecular formula is C15H16FNO. The average molecular weight is 245 g/mol. The van der Waals surface area contributed by atoms with E-state index in [1.165, 1.54) is 6.07 Å². The van der Waals surface area contributed by atoms with Crippen molar-refractivity contribution in [2.24, 2.45) is 5.73 Å². The Labute approximate surface area is 106 Å². The quantitative estimate of drug-likeness (QED) is 0.900. The fraction of sp³-hybridized carbons (Fsp3) is 0.200. The molecule has 0 spiro atoms. The SMILES string of the molecule is COc1ccc(-c2cc(C)ccc2F)cc1CN. The summed E-state index contributed by atoms with van der Waals surface area (Å²) in [6, 6.07) is 10.6. The van der Waals surface area contributed by atoms with Gasteiger partial charge in [0.1, 0.15) is 11.6 Å². The first-order valence-electron chi connectivity index (χ1n) is 5.79. The smallest absolute Gasteiger partial charge is 0.131 e. The zero-order valence-corrected chi connectivity index (χ0v) is 10.5. The Morgan fingerprint density at radius 3 is 2.61 bits per heavy atom. The Morgan fingerprint density at radius 1 is 1.17 bits per heavy atom. The summed E-state index contributed by atoms with van der Waals surface area (Å²) in [5, 5.41) is 0. The molecule has 2 nitrogen and oxygen atoms in total. The largest absolute Gasteiger partial charge is 0.496 e. The molecule has 0 saturated heterocycles. The van der Waals surface area contributed by atoms with E-state index >= 15 is 0 Å². The second kappa shape index (κ2) is 5.19. The van der Waals surface area contributed by atoms with Crippen LogP contribution in [0.3, 0.4) is 0 Å². The molecule has 0 aliphatic carbocycles. The minimum atomic E-state index is -0.228. The third-order valence-corrected chi connectivity index (χ3v) is 2.93. The number of hydrogen-bond donors (Lipinski definition) is 1. The molecule has 0 aromatic heterocycles. The Morgan fingerprint density at radius 2 is 1.94 bits per heavy atom. The van der Waals surface area contributed by atoms with Crippen molar-refractivity contribution in [3.63, 3.8) is 0 Å². The van der Waals surface area contributed by atoms with Crippen molar-refractivity contribution in [2.45, 2.75) is 13.5 Å². The molecule has 0 amide bonds. The lowest BCUT2D eigenvalue weighted by Gasteiger charge is -2.10. The molecule has 3 heteroatoms. The summed E-state index contributed by atoms with van der Waals surface area (Å²) in [4.78, 5) is 0. The molecule has 0 aliphatic rings. The van der Waals surface area contributed by atoms with Crippen molar-refractivity contribution in [1.82, 2.24) is 0 Å². The molecule has 0 atom stereocenters. The van der Waals surface area contributed by atoms with Crippen LogP contribution in [0, 0.1) is 12.7 Å². The lowest BCUT2D eigenvalue weighted by molar-refractivity contribution is 0.410. The monoisotopic (exact) mass is 245 g/mol. The minimum Gasteiger partial charge on any atom is -0.496 e. The van der Waals surface area contributed by atoms with E-state index in [4.69, 9.17) is 10.5 Å². The van der Waals surface area contributed by atoms with Gasteiger partial charge in [-0.3, -0.25) is 0 Å². The lowest BCUT2D eigenvalue weighted by atomic mass is 10.0. The van der Waals surface area contributed by atoms with Gasteiger partial charge < -0.3 is 10.5 Å². The molecule has 0 aliphatic heterocycles. The normalized spacial score (nSPS) is 10.4. The summed E-state index contributed by atoms with van der Waals surface area (Å²) in [6.07, 6.45) is 0. The Kier molecular flexibility index (Phi) is 3.63. The molecular weight excluding hydrogens is 229 g/mol. The van der Waals surface area contributed by atoms with E-state index in [0.29, 0.717) is 12.1 Å². The number of halogens is 1. The predicted molar refractivity (Wildman–Crippen MR) is 71.0 cm³/mol. The van der Waals surface area contributed by atoms with Gasteiger partial charge in [0.25, 0.3) is 0 Å². The standard InChI is InChI=1S/C15H16FNO/c1-10-3-5-14(16)13(7-10)11-4-6-15(18-2)12(8-11)9-17/h3-8H,9,17H2,1-2H3. The molecule has 2 rings (SSSR count). The highest BCUT2D eigenvalue weighted by atomic mass is 19.1. The summed E-state index contributed by atoms with van der Waals surface area (Å²) in [6.45, 7) is 2.31. The van der Waals surface area contributed by atoms with Crippen molar-refractivity contribution >= 4 is 0 Å². The minimum absolute atomic E-state index is 0.228. The van der Waals surface area contributed by atoms with Gasteiger partial charge in [0.2, 0.25) is 0 Å². The maximum Gasteiger partial charge on any atom is 0.131 e. The number of aryl methyl sites for hydroxylation is 1. The number of benzene rings is 2. The third kappa shape index (κ3) is 2.36. The molecule has 0 heterocycles. The topological polar surface area (TPSA) is 35.2 Å². The van der Waals surface area contributed by atoms with Crippen LogP contribution in [-0.2, 0) is 6.54 Å². The summed E-state index contributed by atoms with van der Waals surface area (Å²) in [5.74, 6) is 0.503. The molecule has 94 valence electrons. The first-order valence-corrected chi connectivity index (χ1v) is 5.79. The van der Waals surface area contributed by atoms with E-state index < -0.39 is 0 Å². The van der Waals surface area contributed by atoms with Gasteiger partial charge in [-0.2, -0.15) is 0 Å². The molecule has 0 unspecified atom stereocenters. The molecule has 2 aromatic carbocycles. The van der Waals surface area contributed by atoms with Crippen molar-refractivity contribution in [2.75, 3.05) is 7.11 Å². The van der Waals surface area contributed by atoms with Crippen LogP contribution >= 0.6 is 0 Å². The highest BCUT2D eigenvalue weighted by Crippen LogP contribution is 2.28. The zero-order chi connectivity index (χ0) is 13.1. The summed E-state index contributed by atoms with van der Waals surface area (Å²) in [7, 11) is 1.60. The Bertz CT molecular complexity index is 566. The fourth-order valence-electron chi connectivity index (χ4n) is 1.97. The molecule has 0 radical (unpaired) electrons. The van der Waals surface area contributed by atoms with Crippen molar-refractivity contribution in [3.05, 3.63) is 53.3 Å². The van der Waals surface area contributed by atoms with Gasteiger partial charge in [-0.15, -0.1) is 0 Å². The van der Waals surface area contributed by atoms with Crippen LogP contribution in [0.25, 0.3) is 11.1 Å². The molecule has 18 heavy (non-hydrogen) atoms. The molecule has 0 fully saturated rings. The van der Waals surface area contributed by atoms with Crippen molar-refractivity contribution in [1.29, 1.82) is 0 Å². The van der Waals surface area contributed by atoms with Crippen LogP contribution in [0.15, 0.2) is 36.4 Å². The number of rotatable bonds is 3. The highest BCUT2D eigenvalue weighted by molar-refractivity contribution is 5.67. The number of hydrogen-bond acceptors (Lipinski definition) is 2. The van der Waals surface area contributed by atoms with Crippen molar-refractivity contribution < 1.29 is 9.13 Å². The van der Waals surface area contributed by atoms with Gasteiger partial charge in [-0.25, -0.2) is 4.39 Å². The zero-order valence-electron chi connectivity index (χ0n) is 10.5. The molecule has 0 saturated carbocycles. The Hall–Kier alpha value is -1.87. The summed E-state index contributed by atoms with van der Waals surface area (Å²) >= 11 is 0. The van der Waals surface area contributed by atoms with Gasteiger partial charge in [0, 0.05) is 17.7 Å². The van der Waals surface area contributed by atoms with Crippen LogP contribution in [0.4, 0.5) is 4.39 Å². The molecule has 0 bridgehead atoms. The van der Waals surface area contributed by atoms with Crippen LogP contribution in [0.1, 0.15) is 11.1 Å². The van der Waals surface area contributed by atoms with Crippen molar-refractivity contribution in [3.8, 4) is 16.9 Å². The first kappa shape index (κ1) is 12.6. The van der Waals surface area contributed by atoms with E-state index in [9.17, 15) is 4.39 Å². The summed E-state index contributed by atoms with van der Waals surface area (Å²) in [5.41, 5.74) is 8.97. The number of ether oxygens (including phenoxy) is 1. The highest BCUT2D eigenvalue weighted by Gasteiger charge is 2.08. The van der Waals surface area contributed by atoms with Gasteiger partial charge in [-0.1, -0.05) is 17.7 Å². The first-order chi connectivity index (χ1) is 8.65. The van der Waals surface area contributed by atoms with E-state index in [2.05, 4.69) is 0 Å². The average Bonchev–Trinajstić information content (AvgIpc) is 2.40. The molecule has 2 N–H and O–H groups in total. The van der Waals surface area contributed by atoms with Crippen LogP contribution in [0.5, 0.6) is 5.75 Å². The Balaban J connectivity index is 2.54. The van der Waals surface area contributed by atoms with E-state index in [1.54, 1.807) is 13.2 Å². The second-order valence-electron chi connectivity index (χ2n) is 4.21. The van der Waals surface area contributed by atoms with Gasteiger partial charge in [0.05, 0.1) is 7.11 Å². The van der Waals surface area contributed by atoms with Crippen LogP contribution in [0.2, 0.25) is 0 Å². The fourth-order valence-corrected chi connectivity index (χ4v) is 1.97. The second-order valence-corrected chi connectivity index (χ2v) is 4.21. The molecule has 2 aromatic rings. The van der Waals surface area contributed by atoms with Crippen LogP contribution in [-0.4, -0.2) is 7.11 Å². The van der Waals surface area contributed by atoms with Gasteiger partial charge in [0.15, 0.2) is 0 Å². The van der Waals surface area contributed by atoms with Crippen LogP contribution < -0.4 is 10.5 Å². The maximum atomic E-state index is 13.8.